The second kappa shape index (κ2) is 8.70. The van der Waals surface area contributed by atoms with Crippen molar-refractivity contribution in [3.8, 4) is 0 Å². The normalized spacial score (nSPS) is 16.0. The van der Waals surface area contributed by atoms with E-state index in [4.69, 9.17) is 0 Å². The van der Waals surface area contributed by atoms with Gasteiger partial charge >= 0.3 is 5.97 Å². The van der Waals surface area contributed by atoms with E-state index in [2.05, 4.69) is 0 Å². The third-order valence-corrected chi connectivity index (χ3v) is 8.42. The summed E-state index contributed by atoms with van der Waals surface area (Å²) >= 11 is 0. The summed E-state index contributed by atoms with van der Waals surface area (Å²) in [7, 11) is -3.17. The highest BCUT2D eigenvalue weighted by molar-refractivity contribution is 7.78. The Hall–Kier alpha value is -3.14. The number of rotatable bonds is 6. The lowest BCUT2D eigenvalue weighted by Crippen LogP contribution is -2.26. The minimum atomic E-state index is -3.17. The zero-order valence-electron chi connectivity index (χ0n) is 16.5. The molecule has 1 aliphatic rings. The molecule has 5 nitrogen and oxygen atoms in total. The number of benzene rings is 3. The third kappa shape index (κ3) is 3.95. The maximum atomic E-state index is 12.3. The first-order chi connectivity index (χ1) is 14.6. The molecule has 0 unspecified atom stereocenters. The Balaban J connectivity index is 1.88. The van der Waals surface area contributed by atoms with Gasteiger partial charge in [-0.15, -0.1) is 0 Å². The highest BCUT2D eigenvalue weighted by Crippen LogP contribution is 2.73. The fourth-order valence-electron chi connectivity index (χ4n) is 3.83. The van der Waals surface area contributed by atoms with Crippen LogP contribution in [-0.4, -0.2) is 29.1 Å². The smallest absolute Gasteiger partial charge is 0.308 e. The zero-order chi connectivity index (χ0) is 21.0. The Bertz CT molecular complexity index is 979. The molecule has 1 radical (unpaired) electrons. The quantitative estimate of drug-likeness (QED) is 0.532. The number of carboxylic acid groups (broad SMARTS) is 1. The molecule has 1 aliphatic heterocycles. The van der Waals surface area contributed by atoms with Crippen LogP contribution in [0.1, 0.15) is 12.0 Å². The molecule has 0 aromatic heterocycles. The summed E-state index contributed by atoms with van der Waals surface area (Å²) < 4.78 is 3.97. The fraction of sp³-hybridized carbons (Fsp3) is 0.125. The lowest BCUT2D eigenvalue weighted by molar-refractivity contribution is -0.136. The van der Waals surface area contributed by atoms with Crippen LogP contribution in [0.5, 0.6) is 0 Å². The van der Waals surface area contributed by atoms with Gasteiger partial charge in [-0.25, -0.2) is 0 Å². The average molecular weight is 419 g/mol. The van der Waals surface area contributed by atoms with E-state index in [0.29, 0.717) is 18.4 Å². The van der Waals surface area contributed by atoms with Crippen LogP contribution in [0.25, 0.3) is 6.08 Å². The topological polar surface area (TPSA) is 64.0 Å². The minimum absolute atomic E-state index is 0.230. The molecule has 3 aromatic rings. The Morgan fingerprint density at radius 2 is 1.23 bits per heavy atom. The Morgan fingerprint density at radius 1 is 0.800 bits per heavy atom. The van der Waals surface area contributed by atoms with Crippen molar-refractivity contribution in [1.29, 1.82) is 0 Å². The number of anilines is 2. The number of para-hydroxylation sites is 2. The first-order valence-corrected chi connectivity index (χ1v) is 11.5. The van der Waals surface area contributed by atoms with Crippen molar-refractivity contribution in [2.24, 2.45) is 0 Å². The van der Waals surface area contributed by atoms with E-state index in [1.807, 2.05) is 106 Å². The van der Waals surface area contributed by atoms with Crippen LogP contribution in [0.3, 0.4) is 0 Å². The number of hydrogen-bond donors (Lipinski definition) is 2. The predicted molar refractivity (Wildman–Crippen MR) is 123 cm³/mol. The summed E-state index contributed by atoms with van der Waals surface area (Å²) in [5.74, 6) is -0.960. The van der Waals surface area contributed by atoms with Crippen LogP contribution in [0, 0.1) is 0 Å². The SMILES string of the molecule is O=C(O)C/C(=C\c1ccccc1)[P]1(O)N(c2ccccc2)CCN1c1ccccc1. The van der Waals surface area contributed by atoms with E-state index < -0.39 is 13.8 Å². The van der Waals surface area contributed by atoms with Crippen molar-refractivity contribution in [3.05, 3.63) is 102 Å². The number of aliphatic carboxylic acids is 1. The van der Waals surface area contributed by atoms with Gasteiger partial charge in [-0.05, 0) is 35.9 Å². The number of hydrogen-bond acceptors (Lipinski definition) is 4. The van der Waals surface area contributed by atoms with E-state index >= 15 is 0 Å². The van der Waals surface area contributed by atoms with Crippen LogP contribution in [-0.2, 0) is 4.79 Å². The Kier molecular flexibility index (Phi) is 5.84. The highest BCUT2D eigenvalue weighted by atomic mass is 31.2. The standard InChI is InChI=1S/C24H24N2O3P/c27-24(28)19-23(18-20-10-4-1-5-11-20)30(29)25(21-12-6-2-7-13-21)16-17-26(30)22-14-8-3-9-15-22/h1-15,18,29H,16-17,19H2,(H,27,28)/b23-18+. The summed E-state index contributed by atoms with van der Waals surface area (Å²) in [5.41, 5.74) is 2.64. The van der Waals surface area contributed by atoms with Crippen molar-refractivity contribution in [2.45, 2.75) is 6.42 Å². The molecule has 1 fully saturated rings. The molecule has 6 heteroatoms. The number of carbonyl (C=O) groups is 1. The van der Waals surface area contributed by atoms with Gasteiger partial charge in [0.1, 0.15) is 0 Å². The Labute approximate surface area is 177 Å². The molecule has 1 saturated heterocycles. The molecule has 30 heavy (non-hydrogen) atoms. The summed E-state index contributed by atoms with van der Waals surface area (Å²) in [4.78, 5) is 24.1. The summed E-state index contributed by atoms with van der Waals surface area (Å²) in [5, 5.41) is 10.2. The maximum absolute atomic E-state index is 12.3. The van der Waals surface area contributed by atoms with Crippen LogP contribution in [0.15, 0.2) is 96.3 Å². The molecular formula is C24H24N2O3P. The summed E-state index contributed by atoms with van der Waals surface area (Å²) in [6.45, 7) is 1.21. The van der Waals surface area contributed by atoms with Crippen LogP contribution < -0.4 is 9.34 Å². The van der Waals surface area contributed by atoms with Crippen molar-refractivity contribution >= 4 is 31.2 Å². The first-order valence-electron chi connectivity index (χ1n) is 9.85. The van der Waals surface area contributed by atoms with Gasteiger partial charge in [-0.3, -0.25) is 4.79 Å². The van der Waals surface area contributed by atoms with Crippen LogP contribution in [0.4, 0.5) is 11.4 Å². The van der Waals surface area contributed by atoms with Gasteiger partial charge in [0.2, 0.25) is 0 Å². The third-order valence-electron chi connectivity index (χ3n) is 5.16. The monoisotopic (exact) mass is 419 g/mol. The lowest BCUT2D eigenvalue weighted by Gasteiger charge is -2.43. The second-order valence-corrected chi connectivity index (χ2v) is 9.78. The molecule has 1 heterocycles. The van der Waals surface area contributed by atoms with Gasteiger partial charge < -0.3 is 19.3 Å². The molecule has 0 saturated carbocycles. The molecule has 0 bridgehead atoms. The van der Waals surface area contributed by atoms with Gasteiger partial charge in [-0.1, -0.05) is 66.7 Å². The molecule has 3 aromatic carbocycles. The van der Waals surface area contributed by atoms with Crippen LogP contribution in [0.2, 0.25) is 0 Å². The second-order valence-electron chi connectivity index (χ2n) is 7.10. The van der Waals surface area contributed by atoms with Crippen LogP contribution >= 0.6 is 7.79 Å². The van der Waals surface area contributed by atoms with E-state index in [9.17, 15) is 14.8 Å². The Morgan fingerprint density at radius 3 is 1.67 bits per heavy atom. The first kappa shape index (κ1) is 20.1. The van der Waals surface area contributed by atoms with Gasteiger partial charge in [0.05, 0.1) is 6.42 Å². The molecule has 0 atom stereocenters. The molecule has 0 amide bonds. The average Bonchev–Trinajstić information content (AvgIpc) is 3.13. The van der Waals surface area contributed by atoms with E-state index in [-0.39, 0.29) is 6.42 Å². The maximum Gasteiger partial charge on any atom is 0.308 e. The van der Waals surface area contributed by atoms with E-state index in [1.54, 1.807) is 0 Å². The van der Waals surface area contributed by atoms with Gasteiger partial charge in [0.25, 0.3) is 0 Å². The van der Waals surface area contributed by atoms with E-state index in [1.165, 1.54) is 0 Å². The van der Waals surface area contributed by atoms with Crippen molar-refractivity contribution in [3.63, 3.8) is 0 Å². The van der Waals surface area contributed by atoms with Gasteiger partial charge in [-0.2, -0.15) is 0 Å². The molecule has 4 rings (SSSR count). The van der Waals surface area contributed by atoms with E-state index in [0.717, 1.165) is 16.9 Å². The van der Waals surface area contributed by atoms with Crippen molar-refractivity contribution in [1.82, 2.24) is 0 Å². The predicted octanol–water partition coefficient (Wildman–Crippen LogP) is 5.28. The summed E-state index contributed by atoms with van der Waals surface area (Å²) in [6, 6.07) is 29.0. The van der Waals surface area contributed by atoms with Crippen molar-refractivity contribution in [2.75, 3.05) is 22.4 Å². The fourth-order valence-corrected chi connectivity index (χ4v) is 7.03. The zero-order valence-corrected chi connectivity index (χ0v) is 17.4. The molecular weight excluding hydrogens is 395 g/mol. The largest absolute Gasteiger partial charge is 0.481 e. The van der Waals surface area contributed by atoms with Crippen molar-refractivity contribution < 1.29 is 14.8 Å². The van der Waals surface area contributed by atoms with Gasteiger partial charge in [0, 0.05) is 29.8 Å². The summed E-state index contributed by atoms with van der Waals surface area (Å²) in [6.07, 6.45) is 1.60. The van der Waals surface area contributed by atoms with Gasteiger partial charge in [0.15, 0.2) is 7.79 Å². The molecule has 0 aliphatic carbocycles. The lowest BCUT2D eigenvalue weighted by atomic mass is 10.2. The molecule has 153 valence electrons. The highest BCUT2D eigenvalue weighted by Gasteiger charge is 2.48. The molecule has 0 spiro atoms. The minimum Gasteiger partial charge on any atom is -0.481 e. The number of carboxylic acids is 1. The molecule has 2 N–H and O–H groups in total. The number of nitrogens with zero attached hydrogens (tertiary/aromatic N) is 2.